The first-order valence-corrected chi connectivity index (χ1v) is 7.89. The van der Waals surface area contributed by atoms with E-state index in [2.05, 4.69) is 12.1 Å². The lowest BCUT2D eigenvalue weighted by Gasteiger charge is -2.24. The zero-order valence-corrected chi connectivity index (χ0v) is 10.5. The molecule has 0 spiro atoms. The summed E-state index contributed by atoms with van der Waals surface area (Å²) in [6.07, 6.45) is 0. The van der Waals surface area contributed by atoms with E-state index in [0.717, 1.165) is 5.19 Å². The summed E-state index contributed by atoms with van der Waals surface area (Å²) in [6.45, 7) is 5.18. The van der Waals surface area contributed by atoms with Gasteiger partial charge >= 0.3 is 7.71 Å². The van der Waals surface area contributed by atoms with Gasteiger partial charge in [-0.05, 0) is 13.8 Å². The van der Waals surface area contributed by atoms with E-state index < -0.39 is 7.71 Å². The maximum absolute atomic E-state index is 5.64. The van der Waals surface area contributed by atoms with Crippen molar-refractivity contribution in [1.29, 1.82) is 0 Å². The highest BCUT2D eigenvalue weighted by atomic mass is 32.3. The van der Waals surface area contributed by atoms with Crippen molar-refractivity contribution in [2.24, 2.45) is 0 Å². The van der Waals surface area contributed by atoms with Gasteiger partial charge in [-0.2, -0.15) is 0 Å². The van der Waals surface area contributed by atoms with Crippen molar-refractivity contribution >= 4 is 25.0 Å². The second kappa shape index (κ2) is 5.55. The topological polar surface area (TPSA) is 18.5 Å². The molecule has 1 rings (SSSR count). The predicted octanol–water partition coefficient (Wildman–Crippen LogP) is 1.84. The van der Waals surface area contributed by atoms with Crippen LogP contribution in [0.3, 0.4) is 0 Å². The Kier molecular flexibility index (Phi) is 4.67. The minimum atomic E-state index is -2.43. The zero-order valence-electron chi connectivity index (χ0n) is 8.56. The van der Waals surface area contributed by atoms with Gasteiger partial charge in [0.1, 0.15) is 0 Å². The van der Waals surface area contributed by atoms with Gasteiger partial charge in [-0.15, -0.1) is 12.1 Å². The average Bonchev–Trinajstić information content (AvgIpc) is 2.20. The molecule has 0 aliphatic heterocycles. The number of benzene rings is 1. The molecule has 0 N–H and O–H groups in total. The summed E-state index contributed by atoms with van der Waals surface area (Å²) in [5.74, 6) is 0. The number of hydrogen-bond donors (Lipinski definition) is 1. The lowest BCUT2D eigenvalue weighted by Crippen LogP contribution is -2.48. The molecule has 0 saturated heterocycles. The van der Waals surface area contributed by atoms with Gasteiger partial charge in [-0.3, -0.25) is 0 Å². The summed E-state index contributed by atoms with van der Waals surface area (Å²) in [4.78, 5) is 0. The summed E-state index contributed by atoms with van der Waals surface area (Å²) in [6, 6.07) is 9.94. The Morgan fingerprint density at radius 1 is 1.07 bits per heavy atom. The van der Waals surface area contributed by atoms with Crippen molar-refractivity contribution in [3.8, 4) is 0 Å². The summed E-state index contributed by atoms with van der Waals surface area (Å²) in [5.41, 5.74) is 0. The van der Waals surface area contributed by atoms with Crippen molar-refractivity contribution in [2.75, 3.05) is 13.2 Å². The second-order valence-corrected chi connectivity index (χ2v) is 6.90. The monoisotopic (exact) mass is 228 g/mol. The van der Waals surface area contributed by atoms with Crippen molar-refractivity contribution in [3.05, 3.63) is 30.3 Å². The molecule has 0 amide bonds. The first-order valence-electron chi connectivity index (χ1n) is 4.78. The molecule has 0 aromatic heterocycles. The minimum absolute atomic E-state index is 0.630. The zero-order chi connectivity index (χ0) is 10.4. The summed E-state index contributed by atoms with van der Waals surface area (Å²) in [5, 5.41) is 1.06. The summed E-state index contributed by atoms with van der Waals surface area (Å²) in [7, 11) is -2.43. The van der Waals surface area contributed by atoms with Gasteiger partial charge in [0.25, 0.3) is 0 Å². The Morgan fingerprint density at radius 3 is 2.00 bits per heavy atom. The van der Waals surface area contributed by atoms with Gasteiger partial charge in [0.05, 0.1) is 0 Å². The van der Waals surface area contributed by atoms with E-state index in [-0.39, 0.29) is 0 Å². The molecule has 78 valence electrons. The van der Waals surface area contributed by atoms with E-state index in [1.54, 1.807) is 0 Å². The molecule has 1 aromatic rings. The minimum Gasteiger partial charge on any atom is -0.384 e. The van der Waals surface area contributed by atoms with Gasteiger partial charge < -0.3 is 8.85 Å². The molecule has 0 bridgehead atoms. The third kappa shape index (κ3) is 2.85. The maximum atomic E-state index is 5.64. The van der Waals surface area contributed by atoms with E-state index in [1.165, 1.54) is 0 Å². The first-order chi connectivity index (χ1) is 6.73. The number of hydrogen-bond acceptors (Lipinski definition) is 3. The molecule has 0 aliphatic carbocycles. The number of thiol groups is 1. The van der Waals surface area contributed by atoms with Crippen LogP contribution in [0.25, 0.3) is 0 Å². The molecular formula is C10H16O2SSi. The van der Waals surface area contributed by atoms with E-state index in [9.17, 15) is 0 Å². The highest BCUT2D eigenvalue weighted by molar-refractivity contribution is 8.14. The van der Waals surface area contributed by atoms with Crippen LogP contribution >= 0.6 is 12.1 Å². The Balaban J connectivity index is 2.87. The molecular weight excluding hydrogens is 212 g/mol. The van der Waals surface area contributed by atoms with Gasteiger partial charge in [-0.25, -0.2) is 0 Å². The SMILES string of the molecule is CCO[Si](S)(OCC)c1ccccc1. The van der Waals surface area contributed by atoms with Crippen molar-refractivity contribution in [3.63, 3.8) is 0 Å². The average molecular weight is 228 g/mol. The largest absolute Gasteiger partial charge is 0.437 e. The van der Waals surface area contributed by atoms with Gasteiger partial charge in [-0.1, -0.05) is 30.3 Å². The lowest BCUT2D eigenvalue weighted by molar-refractivity contribution is 0.218. The maximum Gasteiger partial charge on any atom is 0.437 e. The normalized spacial score (nSPS) is 11.6. The van der Waals surface area contributed by atoms with Crippen LogP contribution in [0.4, 0.5) is 0 Å². The molecule has 1 aromatic carbocycles. The Hall–Kier alpha value is -0.293. The fourth-order valence-corrected chi connectivity index (χ4v) is 4.28. The van der Waals surface area contributed by atoms with Gasteiger partial charge in [0.2, 0.25) is 0 Å². The van der Waals surface area contributed by atoms with Crippen molar-refractivity contribution in [2.45, 2.75) is 13.8 Å². The van der Waals surface area contributed by atoms with Crippen LogP contribution in [0.15, 0.2) is 30.3 Å². The molecule has 0 radical (unpaired) electrons. The molecule has 0 aliphatic rings. The van der Waals surface area contributed by atoms with Crippen LogP contribution in [0.1, 0.15) is 13.8 Å². The van der Waals surface area contributed by atoms with Gasteiger partial charge in [0.15, 0.2) is 0 Å². The summed E-state index contributed by atoms with van der Waals surface area (Å²) >= 11 is 4.56. The van der Waals surface area contributed by atoms with Gasteiger partial charge in [0, 0.05) is 18.4 Å². The molecule has 4 heteroatoms. The highest BCUT2D eigenvalue weighted by Gasteiger charge is 2.35. The van der Waals surface area contributed by atoms with Crippen molar-refractivity contribution < 1.29 is 8.85 Å². The Bertz CT molecular complexity index is 260. The molecule has 0 unspecified atom stereocenters. The van der Waals surface area contributed by atoms with Crippen LogP contribution in [-0.2, 0) is 8.85 Å². The second-order valence-electron chi connectivity index (χ2n) is 2.81. The van der Waals surface area contributed by atoms with Crippen LogP contribution < -0.4 is 5.19 Å². The van der Waals surface area contributed by atoms with Crippen molar-refractivity contribution in [1.82, 2.24) is 0 Å². The third-order valence-corrected chi connectivity index (χ3v) is 5.79. The molecule has 0 saturated carbocycles. The third-order valence-electron chi connectivity index (χ3n) is 1.82. The standard InChI is InChI=1S/C10H16O2SSi/c1-3-11-14(13,12-4-2)10-8-6-5-7-9-10/h5-9,13H,3-4H2,1-2H3. The molecule has 0 atom stereocenters. The van der Waals surface area contributed by atoms with Crippen LogP contribution in [0, 0.1) is 0 Å². The Labute approximate surface area is 91.5 Å². The molecule has 14 heavy (non-hydrogen) atoms. The first kappa shape index (κ1) is 11.8. The van der Waals surface area contributed by atoms with E-state index in [4.69, 9.17) is 8.85 Å². The highest BCUT2D eigenvalue weighted by Crippen LogP contribution is 2.12. The quantitative estimate of drug-likeness (QED) is 0.612. The van der Waals surface area contributed by atoms with E-state index >= 15 is 0 Å². The van der Waals surface area contributed by atoms with Crippen LogP contribution in [-0.4, -0.2) is 20.9 Å². The lowest BCUT2D eigenvalue weighted by atomic mass is 10.4. The summed E-state index contributed by atoms with van der Waals surface area (Å²) < 4.78 is 11.3. The van der Waals surface area contributed by atoms with Crippen LogP contribution in [0.2, 0.25) is 0 Å². The van der Waals surface area contributed by atoms with E-state index in [0.29, 0.717) is 13.2 Å². The predicted molar refractivity (Wildman–Crippen MR) is 64.1 cm³/mol. The smallest absolute Gasteiger partial charge is 0.384 e. The Morgan fingerprint density at radius 2 is 1.57 bits per heavy atom. The fourth-order valence-electron chi connectivity index (χ4n) is 1.25. The van der Waals surface area contributed by atoms with E-state index in [1.807, 2.05) is 44.2 Å². The molecule has 2 nitrogen and oxygen atoms in total. The molecule has 0 heterocycles. The van der Waals surface area contributed by atoms with Crippen LogP contribution in [0.5, 0.6) is 0 Å². The molecule has 0 fully saturated rings. The fraction of sp³-hybridized carbons (Fsp3) is 0.400. The number of rotatable bonds is 5.